The number of ether oxygens (including phenoxy) is 2. The molecule has 1 N–H and O–H groups in total. The molecule has 6 nitrogen and oxygen atoms in total. The molecule has 0 atom stereocenters. The van der Waals surface area contributed by atoms with E-state index in [0.29, 0.717) is 33.0 Å². The van der Waals surface area contributed by atoms with Crippen LogP contribution in [-0.4, -0.2) is 34.9 Å². The van der Waals surface area contributed by atoms with E-state index in [9.17, 15) is 9.59 Å². The van der Waals surface area contributed by atoms with E-state index in [4.69, 9.17) is 21.7 Å². The van der Waals surface area contributed by atoms with Crippen LogP contribution in [0.2, 0.25) is 0 Å². The molecule has 29 heavy (non-hydrogen) atoms. The molecule has 0 aliphatic carbocycles. The third kappa shape index (κ3) is 4.80. The Hall–Kier alpha value is -2.36. The lowest BCUT2D eigenvalue weighted by Gasteiger charge is -2.16. The Labute approximate surface area is 186 Å². The van der Waals surface area contributed by atoms with Gasteiger partial charge in [0.15, 0.2) is 15.8 Å². The Kier molecular flexibility index (Phi) is 6.94. The number of halogens is 1. The van der Waals surface area contributed by atoms with E-state index >= 15 is 0 Å². The zero-order valence-corrected chi connectivity index (χ0v) is 18.8. The number of methoxy groups -OCH3 is 1. The molecule has 0 bridgehead atoms. The van der Waals surface area contributed by atoms with Crippen molar-refractivity contribution in [3.63, 3.8) is 0 Å². The summed E-state index contributed by atoms with van der Waals surface area (Å²) in [6, 6.07) is 12.3. The van der Waals surface area contributed by atoms with E-state index < -0.39 is 11.8 Å². The largest absolute Gasteiger partial charge is 0.493 e. The highest BCUT2D eigenvalue weighted by Crippen LogP contribution is 2.34. The molecule has 1 aliphatic rings. The highest BCUT2D eigenvalue weighted by Gasteiger charge is 2.34. The summed E-state index contributed by atoms with van der Waals surface area (Å²) in [7, 11) is 1.55. The molecule has 1 heterocycles. The minimum absolute atomic E-state index is 0.250. The van der Waals surface area contributed by atoms with Crippen LogP contribution < -0.4 is 14.9 Å². The maximum absolute atomic E-state index is 12.8. The Bertz CT molecular complexity index is 1010. The summed E-state index contributed by atoms with van der Waals surface area (Å²) in [6.45, 7) is 2.41. The minimum atomic E-state index is -0.433. The number of carbonyl (C=O) groups is 2. The average Bonchev–Trinajstić information content (AvgIpc) is 2.97. The number of hydrogen-bond acceptors (Lipinski definition) is 6. The normalized spacial score (nSPS) is 15.0. The quantitative estimate of drug-likeness (QED) is 0.475. The molecule has 2 aromatic carbocycles. The molecule has 9 heteroatoms. The second-order valence-electron chi connectivity index (χ2n) is 5.78. The summed E-state index contributed by atoms with van der Waals surface area (Å²) in [5.74, 6) is 0.365. The summed E-state index contributed by atoms with van der Waals surface area (Å²) in [5.41, 5.74) is 3.72. The standard InChI is InChI=1S/C20H17BrN2O4S2/c1-3-27-15-9-8-12(10-16(15)26-2)11-17-19(25)23(20(28)29-17)22-18(24)13-6-4-5-7-14(13)21/h4-11H,3H2,1-2H3,(H,22,24)/b17-11-. The van der Waals surface area contributed by atoms with Crippen molar-refractivity contribution in [2.24, 2.45) is 0 Å². The predicted molar refractivity (Wildman–Crippen MR) is 121 cm³/mol. The van der Waals surface area contributed by atoms with Gasteiger partial charge in [-0.25, -0.2) is 0 Å². The fourth-order valence-electron chi connectivity index (χ4n) is 2.57. The molecule has 0 radical (unpaired) electrons. The molecule has 0 aromatic heterocycles. The van der Waals surface area contributed by atoms with Crippen LogP contribution in [0.1, 0.15) is 22.8 Å². The van der Waals surface area contributed by atoms with Crippen molar-refractivity contribution in [1.29, 1.82) is 0 Å². The van der Waals surface area contributed by atoms with Crippen LogP contribution in [-0.2, 0) is 4.79 Å². The number of rotatable bonds is 6. The maximum atomic E-state index is 12.8. The second-order valence-corrected chi connectivity index (χ2v) is 8.31. The van der Waals surface area contributed by atoms with E-state index in [-0.39, 0.29) is 4.32 Å². The van der Waals surface area contributed by atoms with Gasteiger partial charge in [-0.1, -0.05) is 30.0 Å². The van der Waals surface area contributed by atoms with Crippen molar-refractivity contribution in [2.45, 2.75) is 6.92 Å². The molecule has 1 saturated heterocycles. The van der Waals surface area contributed by atoms with E-state index in [2.05, 4.69) is 21.4 Å². The molecular formula is C20H17BrN2O4S2. The second kappa shape index (κ2) is 9.43. The van der Waals surface area contributed by atoms with Gasteiger partial charge in [-0.15, -0.1) is 0 Å². The SMILES string of the molecule is CCOc1ccc(/C=C2\SC(=S)N(NC(=O)c3ccccc3Br)C2=O)cc1OC. The molecule has 2 amide bonds. The van der Waals surface area contributed by atoms with Crippen LogP contribution in [0.5, 0.6) is 11.5 Å². The van der Waals surface area contributed by atoms with Crippen LogP contribution in [0.3, 0.4) is 0 Å². The van der Waals surface area contributed by atoms with Gasteiger partial charge in [0.1, 0.15) is 0 Å². The van der Waals surface area contributed by atoms with Gasteiger partial charge < -0.3 is 9.47 Å². The van der Waals surface area contributed by atoms with Crippen molar-refractivity contribution in [2.75, 3.05) is 13.7 Å². The summed E-state index contributed by atoms with van der Waals surface area (Å²) in [5, 5.41) is 1.08. The Balaban J connectivity index is 1.80. The maximum Gasteiger partial charge on any atom is 0.285 e. The number of hydrogen-bond donors (Lipinski definition) is 1. The third-order valence-electron chi connectivity index (χ3n) is 3.91. The Morgan fingerprint density at radius 3 is 2.72 bits per heavy atom. The van der Waals surface area contributed by atoms with Gasteiger partial charge in [0.25, 0.3) is 11.8 Å². The van der Waals surface area contributed by atoms with Crippen LogP contribution in [0.4, 0.5) is 0 Å². The van der Waals surface area contributed by atoms with Gasteiger partial charge >= 0.3 is 0 Å². The molecule has 3 rings (SSSR count). The van der Waals surface area contributed by atoms with Gasteiger partial charge in [-0.05, 0) is 71.0 Å². The third-order valence-corrected chi connectivity index (χ3v) is 5.90. The van der Waals surface area contributed by atoms with Gasteiger partial charge in [0.05, 0.1) is 24.2 Å². The van der Waals surface area contributed by atoms with Gasteiger partial charge in [-0.2, -0.15) is 5.01 Å². The van der Waals surface area contributed by atoms with E-state index in [1.165, 1.54) is 0 Å². The van der Waals surface area contributed by atoms with Crippen LogP contribution in [0.15, 0.2) is 51.8 Å². The summed E-state index contributed by atoms with van der Waals surface area (Å²) in [4.78, 5) is 25.7. The van der Waals surface area contributed by atoms with Gasteiger partial charge in [0, 0.05) is 4.47 Å². The molecule has 1 fully saturated rings. The topological polar surface area (TPSA) is 67.9 Å². The predicted octanol–water partition coefficient (Wildman–Crippen LogP) is 4.40. The van der Waals surface area contributed by atoms with Crippen molar-refractivity contribution in [1.82, 2.24) is 10.4 Å². The van der Waals surface area contributed by atoms with Crippen LogP contribution in [0, 0.1) is 0 Å². The molecule has 0 spiro atoms. The highest BCUT2D eigenvalue weighted by molar-refractivity contribution is 9.10. The lowest BCUT2D eigenvalue weighted by atomic mass is 10.2. The Morgan fingerprint density at radius 2 is 2.03 bits per heavy atom. The number of hydrazine groups is 1. The smallest absolute Gasteiger partial charge is 0.285 e. The number of benzene rings is 2. The Morgan fingerprint density at radius 1 is 1.28 bits per heavy atom. The number of amides is 2. The first-order valence-corrected chi connectivity index (χ1v) is 10.6. The highest BCUT2D eigenvalue weighted by atomic mass is 79.9. The monoisotopic (exact) mass is 492 g/mol. The molecule has 1 aliphatic heterocycles. The van der Waals surface area contributed by atoms with E-state index in [1.54, 1.807) is 49.6 Å². The van der Waals surface area contributed by atoms with Crippen molar-refractivity contribution in [3.05, 3.63) is 63.0 Å². The molecule has 0 saturated carbocycles. The molecular weight excluding hydrogens is 476 g/mol. The van der Waals surface area contributed by atoms with E-state index in [1.807, 2.05) is 13.0 Å². The fraction of sp³-hybridized carbons (Fsp3) is 0.150. The summed E-state index contributed by atoms with van der Waals surface area (Å²) in [6.07, 6.45) is 1.70. The van der Waals surface area contributed by atoms with Gasteiger partial charge in [-0.3, -0.25) is 15.0 Å². The van der Waals surface area contributed by atoms with Crippen molar-refractivity contribution < 1.29 is 19.1 Å². The zero-order valence-electron chi connectivity index (χ0n) is 15.6. The van der Waals surface area contributed by atoms with Crippen molar-refractivity contribution in [3.8, 4) is 11.5 Å². The van der Waals surface area contributed by atoms with Crippen molar-refractivity contribution >= 4 is 62.1 Å². The first-order chi connectivity index (χ1) is 13.9. The molecule has 2 aromatic rings. The molecule has 0 unspecified atom stereocenters. The lowest BCUT2D eigenvalue weighted by Crippen LogP contribution is -2.44. The number of thioether (sulfide) groups is 1. The minimum Gasteiger partial charge on any atom is -0.493 e. The lowest BCUT2D eigenvalue weighted by molar-refractivity contribution is -0.123. The van der Waals surface area contributed by atoms with E-state index in [0.717, 1.165) is 22.3 Å². The zero-order chi connectivity index (χ0) is 21.0. The van der Waals surface area contributed by atoms with Crippen LogP contribution >= 0.6 is 39.9 Å². The summed E-state index contributed by atoms with van der Waals surface area (Å²) < 4.78 is 11.7. The van der Waals surface area contributed by atoms with Crippen LogP contribution in [0.25, 0.3) is 6.08 Å². The number of carbonyl (C=O) groups excluding carboxylic acids is 2. The summed E-state index contributed by atoms with van der Waals surface area (Å²) >= 11 is 9.72. The molecule has 150 valence electrons. The number of thiocarbonyl (C=S) groups is 1. The average molecular weight is 493 g/mol. The first-order valence-electron chi connectivity index (χ1n) is 8.59. The number of nitrogens with one attached hydrogen (secondary N) is 1. The first kappa shape index (κ1) is 21.4. The van der Waals surface area contributed by atoms with Gasteiger partial charge in [0.2, 0.25) is 0 Å². The number of nitrogens with zero attached hydrogens (tertiary/aromatic N) is 1. The fourth-order valence-corrected chi connectivity index (χ4v) is 4.22.